The van der Waals surface area contributed by atoms with Crippen molar-refractivity contribution >= 4 is 33.5 Å². The van der Waals surface area contributed by atoms with E-state index in [0.717, 1.165) is 48.8 Å². The number of morpholine rings is 1. The highest BCUT2D eigenvalue weighted by Crippen LogP contribution is 2.15. The molecule has 0 aromatic heterocycles. The molecule has 1 amide bonds. The summed E-state index contributed by atoms with van der Waals surface area (Å²) < 4.78 is 11.8. The molecule has 1 aliphatic heterocycles. The average molecular weight is 475 g/mol. The summed E-state index contributed by atoms with van der Waals surface area (Å²) in [5, 5.41) is 6.10. The minimum absolute atomic E-state index is 0.229. The molecule has 1 heterocycles. The van der Waals surface area contributed by atoms with Crippen LogP contribution in [0.1, 0.15) is 17.3 Å². The second-order valence-electron chi connectivity index (χ2n) is 6.73. The van der Waals surface area contributed by atoms with E-state index in [9.17, 15) is 4.79 Å². The quantitative estimate of drug-likeness (QED) is 0.475. The van der Waals surface area contributed by atoms with Gasteiger partial charge in [-0.2, -0.15) is 0 Å². The molecule has 1 fully saturated rings. The van der Waals surface area contributed by atoms with Gasteiger partial charge < -0.3 is 14.8 Å². The number of benzene rings is 2. The molecular formula is C22H27BrN4O3. The minimum Gasteiger partial charge on any atom is -0.494 e. The van der Waals surface area contributed by atoms with Crippen LogP contribution in [0.2, 0.25) is 0 Å². The van der Waals surface area contributed by atoms with Crippen molar-refractivity contribution in [3.8, 4) is 5.75 Å². The van der Waals surface area contributed by atoms with E-state index in [-0.39, 0.29) is 5.91 Å². The predicted octanol–water partition coefficient (Wildman–Crippen LogP) is 3.38. The van der Waals surface area contributed by atoms with Crippen LogP contribution in [0.4, 0.5) is 5.69 Å². The number of amides is 1. The number of rotatable bonds is 7. The molecule has 2 N–H and O–H groups in total. The molecule has 0 aliphatic carbocycles. The number of ether oxygens (including phenoxy) is 2. The zero-order valence-electron chi connectivity index (χ0n) is 17.1. The lowest BCUT2D eigenvalue weighted by Crippen LogP contribution is -2.39. The normalized spacial score (nSPS) is 14.9. The number of aliphatic imine (C=N–C) groups is 1. The van der Waals surface area contributed by atoms with Gasteiger partial charge in [0.15, 0.2) is 0 Å². The Kier molecular flexibility index (Phi) is 8.67. The van der Waals surface area contributed by atoms with Gasteiger partial charge in [0, 0.05) is 35.4 Å². The zero-order chi connectivity index (χ0) is 21.2. The van der Waals surface area contributed by atoms with Gasteiger partial charge in [-0.3, -0.25) is 20.0 Å². The first-order valence-electron chi connectivity index (χ1n) is 10.1. The van der Waals surface area contributed by atoms with E-state index in [0.29, 0.717) is 24.7 Å². The third-order valence-electron chi connectivity index (χ3n) is 4.56. The van der Waals surface area contributed by atoms with Crippen LogP contribution in [-0.2, 0) is 4.74 Å². The minimum atomic E-state index is -0.229. The van der Waals surface area contributed by atoms with Gasteiger partial charge in [0.25, 0.3) is 5.91 Å². The molecule has 1 aliphatic rings. The summed E-state index contributed by atoms with van der Waals surface area (Å²) >= 11 is 3.43. The van der Waals surface area contributed by atoms with Crippen molar-refractivity contribution in [2.24, 2.45) is 4.99 Å². The molecule has 0 radical (unpaired) electrons. The van der Waals surface area contributed by atoms with Crippen molar-refractivity contribution in [2.45, 2.75) is 6.92 Å². The molecule has 7 nitrogen and oxygen atoms in total. The smallest absolute Gasteiger partial charge is 0.257 e. The molecule has 2 aromatic rings. The first-order valence-corrected chi connectivity index (χ1v) is 10.8. The molecule has 2 aromatic carbocycles. The Balaban J connectivity index is 1.66. The van der Waals surface area contributed by atoms with E-state index < -0.39 is 0 Å². The molecule has 30 heavy (non-hydrogen) atoms. The summed E-state index contributed by atoms with van der Waals surface area (Å²) in [4.78, 5) is 19.6. The van der Waals surface area contributed by atoms with Crippen molar-refractivity contribution in [3.63, 3.8) is 0 Å². The van der Waals surface area contributed by atoms with Crippen molar-refractivity contribution in [1.29, 1.82) is 0 Å². The molecule has 0 unspecified atom stereocenters. The molecule has 0 spiro atoms. The van der Waals surface area contributed by atoms with Gasteiger partial charge in [0.1, 0.15) is 5.75 Å². The fraction of sp³-hybridized carbons (Fsp3) is 0.364. The molecule has 8 heteroatoms. The summed E-state index contributed by atoms with van der Waals surface area (Å²) in [5.41, 5.74) is 1.38. The van der Waals surface area contributed by atoms with Gasteiger partial charge in [0.2, 0.25) is 5.96 Å². The number of carbonyl (C=O) groups is 1. The number of guanidine groups is 1. The van der Waals surface area contributed by atoms with Crippen LogP contribution in [0.5, 0.6) is 5.75 Å². The van der Waals surface area contributed by atoms with Crippen molar-refractivity contribution in [1.82, 2.24) is 10.2 Å². The number of hydrogen-bond acceptors (Lipinski definition) is 5. The number of carbonyl (C=O) groups excluding carboxylic acids is 1. The third-order valence-corrected chi connectivity index (χ3v) is 5.08. The van der Waals surface area contributed by atoms with Gasteiger partial charge in [-0.05, 0) is 55.5 Å². The number of nitrogens with one attached hydrogen (secondary N) is 2. The SMILES string of the molecule is CCOc1ccc(C(=O)NC(=NCCN2CCOCC2)Nc2ccc(Br)cc2)cc1. The maximum atomic E-state index is 12.7. The lowest BCUT2D eigenvalue weighted by Gasteiger charge is -2.25. The summed E-state index contributed by atoms with van der Waals surface area (Å²) in [6.45, 7) is 7.21. The van der Waals surface area contributed by atoms with E-state index in [4.69, 9.17) is 9.47 Å². The van der Waals surface area contributed by atoms with Crippen molar-refractivity contribution in [2.75, 3.05) is 51.3 Å². The fourth-order valence-corrected chi connectivity index (χ4v) is 3.22. The topological polar surface area (TPSA) is 75.2 Å². The van der Waals surface area contributed by atoms with E-state index in [2.05, 4.69) is 36.5 Å². The van der Waals surface area contributed by atoms with E-state index in [1.807, 2.05) is 31.2 Å². The van der Waals surface area contributed by atoms with E-state index in [1.54, 1.807) is 24.3 Å². The summed E-state index contributed by atoms with van der Waals surface area (Å²) in [5.74, 6) is 0.929. The predicted molar refractivity (Wildman–Crippen MR) is 122 cm³/mol. The van der Waals surface area contributed by atoms with Gasteiger partial charge in [-0.25, -0.2) is 0 Å². The average Bonchev–Trinajstić information content (AvgIpc) is 2.77. The maximum absolute atomic E-state index is 12.7. The molecule has 0 bridgehead atoms. The van der Waals surface area contributed by atoms with Crippen molar-refractivity contribution in [3.05, 3.63) is 58.6 Å². The highest BCUT2D eigenvalue weighted by molar-refractivity contribution is 9.10. The lowest BCUT2D eigenvalue weighted by atomic mass is 10.2. The van der Waals surface area contributed by atoms with Crippen LogP contribution >= 0.6 is 15.9 Å². The van der Waals surface area contributed by atoms with Crippen LogP contribution in [0.3, 0.4) is 0 Å². The Morgan fingerprint density at radius 1 is 1.13 bits per heavy atom. The van der Waals surface area contributed by atoms with E-state index in [1.165, 1.54) is 0 Å². The highest BCUT2D eigenvalue weighted by Gasteiger charge is 2.12. The Morgan fingerprint density at radius 2 is 1.83 bits per heavy atom. The van der Waals surface area contributed by atoms with Gasteiger partial charge in [-0.1, -0.05) is 15.9 Å². The van der Waals surface area contributed by atoms with E-state index >= 15 is 0 Å². The van der Waals surface area contributed by atoms with Gasteiger partial charge >= 0.3 is 0 Å². The summed E-state index contributed by atoms with van der Waals surface area (Å²) in [6.07, 6.45) is 0. The first-order chi connectivity index (χ1) is 14.6. The molecule has 1 saturated heterocycles. The highest BCUT2D eigenvalue weighted by atomic mass is 79.9. The van der Waals surface area contributed by atoms with Crippen LogP contribution < -0.4 is 15.4 Å². The first kappa shape index (κ1) is 22.3. The molecule has 0 saturated carbocycles. The van der Waals surface area contributed by atoms with Crippen LogP contribution in [0.15, 0.2) is 58.0 Å². The number of anilines is 1. The zero-order valence-corrected chi connectivity index (χ0v) is 18.7. The molecule has 0 atom stereocenters. The third kappa shape index (κ3) is 7.12. The summed E-state index contributed by atoms with van der Waals surface area (Å²) in [7, 11) is 0. The largest absolute Gasteiger partial charge is 0.494 e. The standard InChI is InChI=1S/C22H27BrN4O3/c1-2-30-20-9-3-17(4-10-20)21(28)26-22(25-19-7-5-18(23)6-8-19)24-11-12-27-13-15-29-16-14-27/h3-10H,2,11-16H2,1H3,(H2,24,25,26,28). The second-order valence-corrected chi connectivity index (χ2v) is 7.64. The lowest BCUT2D eigenvalue weighted by molar-refractivity contribution is 0.0394. The number of nitrogens with zero attached hydrogens (tertiary/aromatic N) is 2. The van der Waals surface area contributed by atoms with Crippen LogP contribution in [0.25, 0.3) is 0 Å². The number of halogens is 1. The van der Waals surface area contributed by atoms with Gasteiger partial charge in [0.05, 0.1) is 26.4 Å². The van der Waals surface area contributed by atoms with Crippen LogP contribution in [0, 0.1) is 0 Å². The fourth-order valence-electron chi connectivity index (χ4n) is 2.96. The number of hydrogen-bond donors (Lipinski definition) is 2. The summed E-state index contributed by atoms with van der Waals surface area (Å²) in [6, 6.07) is 14.8. The van der Waals surface area contributed by atoms with Crippen molar-refractivity contribution < 1.29 is 14.3 Å². The Hall–Kier alpha value is -2.42. The van der Waals surface area contributed by atoms with Crippen LogP contribution in [-0.4, -0.2) is 62.8 Å². The maximum Gasteiger partial charge on any atom is 0.257 e. The monoisotopic (exact) mass is 474 g/mol. The Labute approximate surface area is 185 Å². The molecule has 3 rings (SSSR count). The molecule has 160 valence electrons. The Bertz CT molecular complexity index is 834. The second kappa shape index (κ2) is 11.7. The Morgan fingerprint density at radius 3 is 2.50 bits per heavy atom. The molecular weight excluding hydrogens is 448 g/mol. The van der Waals surface area contributed by atoms with Gasteiger partial charge in [-0.15, -0.1) is 0 Å².